The number of aryl methyl sites for hydroxylation is 1. The van der Waals surface area contributed by atoms with E-state index >= 15 is 0 Å². The predicted molar refractivity (Wildman–Crippen MR) is 81.1 cm³/mol. The third kappa shape index (κ3) is 2.76. The smallest absolute Gasteiger partial charge is 0.163 e. The number of hydrogen-bond acceptors (Lipinski definition) is 4. The lowest BCUT2D eigenvalue weighted by Gasteiger charge is -2.26. The molecule has 0 aliphatic heterocycles. The number of aromatic nitrogens is 2. The maximum Gasteiger partial charge on any atom is 0.163 e. The quantitative estimate of drug-likeness (QED) is 0.759. The highest BCUT2D eigenvalue weighted by molar-refractivity contribution is 7.18. The van der Waals surface area contributed by atoms with E-state index in [0.717, 1.165) is 23.1 Å². The van der Waals surface area contributed by atoms with Gasteiger partial charge in [-0.2, -0.15) is 0 Å². The van der Waals surface area contributed by atoms with Crippen LogP contribution >= 0.6 is 22.9 Å². The summed E-state index contributed by atoms with van der Waals surface area (Å²) in [7, 11) is 0. The molecule has 0 saturated carbocycles. The standard InChI is InChI=1S/C14H19ClN2OS/c1-5-9-8-10-11(15)16-13(17-12(10)19-9)14(4,6-2)18-7-3/h8H,5-7H2,1-4H3. The van der Waals surface area contributed by atoms with E-state index in [9.17, 15) is 0 Å². The van der Waals surface area contributed by atoms with Gasteiger partial charge in [0.15, 0.2) is 5.82 Å². The van der Waals surface area contributed by atoms with Crippen LogP contribution in [-0.4, -0.2) is 16.6 Å². The van der Waals surface area contributed by atoms with Crippen LogP contribution < -0.4 is 0 Å². The van der Waals surface area contributed by atoms with Crippen LogP contribution in [0.5, 0.6) is 0 Å². The molecule has 0 N–H and O–H groups in total. The summed E-state index contributed by atoms with van der Waals surface area (Å²) in [5.41, 5.74) is -0.469. The highest BCUT2D eigenvalue weighted by Crippen LogP contribution is 2.33. The molecule has 0 spiro atoms. The van der Waals surface area contributed by atoms with Gasteiger partial charge in [-0.1, -0.05) is 25.4 Å². The molecule has 0 bridgehead atoms. The Morgan fingerprint density at radius 3 is 2.63 bits per heavy atom. The van der Waals surface area contributed by atoms with Crippen molar-refractivity contribution in [3.63, 3.8) is 0 Å². The van der Waals surface area contributed by atoms with Crippen LogP contribution in [0.2, 0.25) is 5.15 Å². The SMILES string of the molecule is CCOC(C)(CC)c1nc(Cl)c2cc(CC)sc2n1. The zero-order valence-corrected chi connectivity index (χ0v) is 13.4. The Bertz CT molecular complexity index is 584. The number of nitrogens with zero attached hydrogens (tertiary/aromatic N) is 2. The normalized spacial score (nSPS) is 14.8. The van der Waals surface area contributed by atoms with Crippen molar-refractivity contribution in [3.8, 4) is 0 Å². The lowest BCUT2D eigenvalue weighted by atomic mass is 10.0. The monoisotopic (exact) mass is 298 g/mol. The van der Waals surface area contributed by atoms with Gasteiger partial charge < -0.3 is 4.74 Å². The van der Waals surface area contributed by atoms with Crippen molar-refractivity contribution < 1.29 is 4.74 Å². The Morgan fingerprint density at radius 2 is 2.05 bits per heavy atom. The summed E-state index contributed by atoms with van der Waals surface area (Å²) in [4.78, 5) is 11.3. The number of rotatable bonds is 5. The Kier molecular flexibility index (Phi) is 4.43. The summed E-state index contributed by atoms with van der Waals surface area (Å²) in [6.45, 7) is 8.83. The van der Waals surface area contributed by atoms with Crippen LogP contribution in [0.1, 0.15) is 44.8 Å². The van der Waals surface area contributed by atoms with Crippen molar-refractivity contribution in [2.24, 2.45) is 0 Å². The summed E-state index contributed by atoms with van der Waals surface area (Å²) in [5, 5.41) is 1.47. The zero-order chi connectivity index (χ0) is 14.0. The fourth-order valence-corrected chi connectivity index (χ4v) is 3.24. The Morgan fingerprint density at radius 1 is 1.32 bits per heavy atom. The molecule has 3 nitrogen and oxygen atoms in total. The van der Waals surface area contributed by atoms with Crippen molar-refractivity contribution in [2.45, 2.75) is 46.1 Å². The van der Waals surface area contributed by atoms with Gasteiger partial charge in [-0.3, -0.25) is 0 Å². The molecule has 0 aromatic carbocycles. The molecule has 0 amide bonds. The van der Waals surface area contributed by atoms with E-state index in [4.69, 9.17) is 16.3 Å². The number of ether oxygens (including phenoxy) is 1. The first kappa shape index (κ1) is 14.7. The molecule has 2 aromatic heterocycles. The van der Waals surface area contributed by atoms with Crippen molar-refractivity contribution in [2.75, 3.05) is 6.61 Å². The van der Waals surface area contributed by atoms with Crippen molar-refractivity contribution >= 4 is 33.2 Å². The third-order valence-electron chi connectivity index (χ3n) is 3.36. The second-order valence-corrected chi connectivity index (χ2v) is 6.11. The Labute approximate surface area is 123 Å². The van der Waals surface area contributed by atoms with Gasteiger partial charge in [0.05, 0.1) is 0 Å². The number of hydrogen-bond donors (Lipinski definition) is 0. The minimum Gasteiger partial charge on any atom is -0.368 e. The molecule has 1 atom stereocenters. The lowest BCUT2D eigenvalue weighted by molar-refractivity contribution is -0.0387. The van der Waals surface area contributed by atoms with E-state index < -0.39 is 5.60 Å². The first-order chi connectivity index (χ1) is 9.04. The second kappa shape index (κ2) is 5.73. The van der Waals surface area contributed by atoms with E-state index in [1.807, 2.05) is 13.8 Å². The van der Waals surface area contributed by atoms with E-state index in [0.29, 0.717) is 17.6 Å². The second-order valence-electron chi connectivity index (χ2n) is 4.64. The summed E-state index contributed by atoms with van der Waals surface area (Å²) in [6, 6.07) is 2.08. The summed E-state index contributed by atoms with van der Waals surface area (Å²) < 4.78 is 5.82. The average molecular weight is 299 g/mol. The fraction of sp³-hybridized carbons (Fsp3) is 0.571. The molecular formula is C14H19ClN2OS. The molecule has 0 saturated heterocycles. The number of fused-ring (bicyclic) bond motifs is 1. The van der Waals surface area contributed by atoms with E-state index in [1.165, 1.54) is 4.88 Å². The van der Waals surface area contributed by atoms with Crippen LogP contribution in [-0.2, 0) is 16.8 Å². The summed E-state index contributed by atoms with van der Waals surface area (Å²) in [6.07, 6.45) is 1.80. The highest BCUT2D eigenvalue weighted by Gasteiger charge is 2.29. The van der Waals surface area contributed by atoms with Gasteiger partial charge in [-0.25, -0.2) is 9.97 Å². The van der Waals surface area contributed by atoms with Crippen LogP contribution in [0.25, 0.3) is 10.2 Å². The molecular weight excluding hydrogens is 280 g/mol. The Balaban J connectivity index is 2.55. The number of halogens is 1. The van der Waals surface area contributed by atoms with Gasteiger partial charge in [-0.15, -0.1) is 11.3 Å². The summed E-state index contributed by atoms with van der Waals surface area (Å²) >= 11 is 7.97. The number of thiophene rings is 1. The molecule has 2 aromatic rings. The van der Waals surface area contributed by atoms with Crippen LogP contribution in [0.3, 0.4) is 0 Å². The van der Waals surface area contributed by atoms with E-state index in [1.54, 1.807) is 11.3 Å². The molecule has 0 fully saturated rings. The molecule has 2 rings (SSSR count). The van der Waals surface area contributed by atoms with Crippen molar-refractivity contribution in [1.82, 2.24) is 9.97 Å². The van der Waals surface area contributed by atoms with Gasteiger partial charge in [0.25, 0.3) is 0 Å². The molecule has 0 aliphatic carbocycles. The molecule has 19 heavy (non-hydrogen) atoms. The van der Waals surface area contributed by atoms with Gasteiger partial charge in [0.1, 0.15) is 15.6 Å². The van der Waals surface area contributed by atoms with Crippen LogP contribution in [0.4, 0.5) is 0 Å². The third-order valence-corrected chi connectivity index (χ3v) is 4.82. The largest absolute Gasteiger partial charge is 0.368 e. The fourth-order valence-electron chi connectivity index (χ4n) is 1.99. The Hall–Kier alpha value is -0.710. The predicted octanol–water partition coefficient (Wildman–Crippen LogP) is 4.57. The van der Waals surface area contributed by atoms with Crippen LogP contribution in [0, 0.1) is 0 Å². The van der Waals surface area contributed by atoms with Gasteiger partial charge in [0.2, 0.25) is 0 Å². The zero-order valence-electron chi connectivity index (χ0n) is 11.8. The summed E-state index contributed by atoms with van der Waals surface area (Å²) in [5.74, 6) is 0.679. The molecule has 0 radical (unpaired) electrons. The lowest BCUT2D eigenvalue weighted by Crippen LogP contribution is -2.27. The first-order valence-corrected chi connectivity index (χ1v) is 7.83. The van der Waals surface area contributed by atoms with Crippen molar-refractivity contribution in [1.29, 1.82) is 0 Å². The van der Waals surface area contributed by atoms with Crippen LogP contribution in [0.15, 0.2) is 6.07 Å². The van der Waals surface area contributed by atoms with E-state index in [2.05, 4.69) is 29.9 Å². The maximum atomic E-state index is 6.30. The van der Waals surface area contributed by atoms with Gasteiger partial charge in [0, 0.05) is 16.9 Å². The van der Waals surface area contributed by atoms with Gasteiger partial charge >= 0.3 is 0 Å². The van der Waals surface area contributed by atoms with Crippen molar-refractivity contribution in [3.05, 3.63) is 21.9 Å². The first-order valence-electron chi connectivity index (χ1n) is 6.64. The average Bonchev–Trinajstić information content (AvgIpc) is 2.82. The molecule has 5 heteroatoms. The van der Waals surface area contributed by atoms with E-state index in [-0.39, 0.29) is 0 Å². The molecule has 2 heterocycles. The maximum absolute atomic E-state index is 6.30. The molecule has 0 aliphatic rings. The highest BCUT2D eigenvalue weighted by atomic mass is 35.5. The topological polar surface area (TPSA) is 35.0 Å². The minimum atomic E-state index is -0.469. The van der Waals surface area contributed by atoms with Gasteiger partial charge in [-0.05, 0) is 32.8 Å². The molecule has 104 valence electrons. The molecule has 1 unspecified atom stereocenters. The minimum absolute atomic E-state index is 0.469.